The number of aliphatic hydroxyl groups is 3. The van der Waals surface area contributed by atoms with Crippen LogP contribution in [0.2, 0.25) is 0 Å². The molecule has 0 fully saturated rings. The van der Waals surface area contributed by atoms with E-state index < -0.39 is 55.0 Å². The Morgan fingerprint density at radius 1 is 0.606 bits per heavy atom. The molecule has 0 bridgehead atoms. The lowest BCUT2D eigenvalue weighted by molar-refractivity contribution is 0.0563. The first-order valence-corrected chi connectivity index (χ1v) is 10.4. The number of ether oxygens (including phenoxy) is 3. The van der Waals surface area contributed by atoms with Crippen LogP contribution < -0.4 is 17.1 Å². The van der Waals surface area contributed by atoms with Crippen molar-refractivity contribution in [2.45, 2.75) is 58.7 Å². The minimum atomic E-state index is -1.24. The van der Waals surface area contributed by atoms with Gasteiger partial charge in [0.05, 0.1) is 38.4 Å². The fraction of sp³-hybridized carbons (Fsp3) is 0.571. The van der Waals surface area contributed by atoms with Gasteiger partial charge in [-0.25, -0.2) is 28.1 Å². The SMILES string of the molecule is C/C=C/OCC(O)Cn1c(=O)n(CC(O)CO/C=C/C)c(=O)n(CC(O)CO/C=C/C)c1=O. The summed E-state index contributed by atoms with van der Waals surface area (Å²) in [5.41, 5.74) is -3.05. The van der Waals surface area contributed by atoms with Crippen molar-refractivity contribution in [1.29, 1.82) is 0 Å². The average Bonchev–Trinajstić information content (AvgIpc) is 2.78. The van der Waals surface area contributed by atoms with Crippen molar-refractivity contribution in [2.24, 2.45) is 0 Å². The molecule has 12 heteroatoms. The van der Waals surface area contributed by atoms with Crippen LogP contribution in [0.5, 0.6) is 0 Å². The summed E-state index contributed by atoms with van der Waals surface area (Å²) in [6, 6.07) is 0. The highest BCUT2D eigenvalue weighted by Crippen LogP contribution is 1.94. The molecule has 1 heterocycles. The molecule has 0 aliphatic heterocycles. The highest BCUT2D eigenvalue weighted by molar-refractivity contribution is 4.83. The Morgan fingerprint density at radius 3 is 1.06 bits per heavy atom. The number of aliphatic hydroxyl groups excluding tert-OH is 3. The Kier molecular flexibility index (Phi) is 12.6. The highest BCUT2D eigenvalue weighted by Gasteiger charge is 2.21. The fourth-order valence-electron chi connectivity index (χ4n) is 2.73. The number of allylic oxidation sites excluding steroid dienone is 3. The molecular weight excluding hydrogens is 438 g/mol. The molecule has 0 aliphatic carbocycles. The van der Waals surface area contributed by atoms with Gasteiger partial charge in [-0.1, -0.05) is 18.2 Å². The van der Waals surface area contributed by atoms with E-state index in [1.807, 2.05) is 0 Å². The van der Waals surface area contributed by atoms with Gasteiger partial charge in [0.25, 0.3) is 0 Å². The Balaban J connectivity index is 3.33. The second kappa shape index (κ2) is 14.9. The van der Waals surface area contributed by atoms with E-state index in [1.54, 1.807) is 39.0 Å². The van der Waals surface area contributed by atoms with E-state index in [2.05, 4.69) is 0 Å². The van der Waals surface area contributed by atoms with Crippen molar-refractivity contribution in [3.63, 3.8) is 0 Å². The van der Waals surface area contributed by atoms with Gasteiger partial charge < -0.3 is 29.5 Å². The molecule has 1 aromatic rings. The zero-order chi connectivity index (χ0) is 24.8. The van der Waals surface area contributed by atoms with Crippen molar-refractivity contribution in [3.8, 4) is 0 Å². The molecule has 3 atom stereocenters. The molecule has 3 N–H and O–H groups in total. The Morgan fingerprint density at radius 2 is 0.848 bits per heavy atom. The van der Waals surface area contributed by atoms with Gasteiger partial charge in [-0.05, 0) is 20.8 Å². The second-order valence-electron chi connectivity index (χ2n) is 7.05. The number of nitrogens with zero attached hydrogens (tertiary/aromatic N) is 3. The van der Waals surface area contributed by atoms with Crippen molar-refractivity contribution in [2.75, 3.05) is 19.8 Å². The maximum absolute atomic E-state index is 12.9. The van der Waals surface area contributed by atoms with E-state index in [0.717, 1.165) is 0 Å². The van der Waals surface area contributed by atoms with Gasteiger partial charge in [0.2, 0.25) is 0 Å². The van der Waals surface area contributed by atoms with Crippen LogP contribution in [-0.4, -0.2) is 67.2 Å². The number of hydrogen-bond donors (Lipinski definition) is 3. The molecule has 0 saturated heterocycles. The van der Waals surface area contributed by atoms with Crippen LogP contribution in [0.3, 0.4) is 0 Å². The molecule has 33 heavy (non-hydrogen) atoms. The van der Waals surface area contributed by atoms with E-state index in [0.29, 0.717) is 13.7 Å². The molecule has 0 spiro atoms. The Bertz CT molecular complexity index is 821. The van der Waals surface area contributed by atoms with Gasteiger partial charge in [0.15, 0.2) is 0 Å². The summed E-state index contributed by atoms with van der Waals surface area (Å²) in [7, 11) is 0. The molecule has 3 unspecified atom stereocenters. The van der Waals surface area contributed by atoms with Crippen LogP contribution in [0.1, 0.15) is 20.8 Å². The third kappa shape index (κ3) is 9.12. The molecule has 0 saturated carbocycles. The van der Waals surface area contributed by atoms with E-state index in [1.165, 1.54) is 18.8 Å². The van der Waals surface area contributed by atoms with E-state index in [9.17, 15) is 29.7 Å². The number of rotatable bonds is 15. The number of aromatic nitrogens is 3. The van der Waals surface area contributed by atoms with Gasteiger partial charge >= 0.3 is 17.1 Å². The first-order chi connectivity index (χ1) is 15.8. The van der Waals surface area contributed by atoms with Crippen molar-refractivity contribution >= 4 is 0 Å². The molecule has 1 rings (SSSR count). The second-order valence-corrected chi connectivity index (χ2v) is 7.05. The molecule has 12 nitrogen and oxygen atoms in total. The smallest absolute Gasteiger partial charge is 0.336 e. The Hall–Kier alpha value is -3.09. The maximum atomic E-state index is 12.9. The van der Waals surface area contributed by atoms with E-state index in [4.69, 9.17) is 14.2 Å². The summed E-state index contributed by atoms with van der Waals surface area (Å²) in [5, 5.41) is 30.5. The van der Waals surface area contributed by atoms with Gasteiger partial charge in [-0.3, -0.25) is 0 Å². The average molecular weight is 472 g/mol. The van der Waals surface area contributed by atoms with Crippen molar-refractivity contribution in [1.82, 2.24) is 13.7 Å². The monoisotopic (exact) mass is 471 g/mol. The number of hydrogen-bond acceptors (Lipinski definition) is 9. The molecule has 0 radical (unpaired) electrons. The summed E-state index contributed by atoms with van der Waals surface area (Å²) in [6.07, 6.45) is 5.10. The zero-order valence-electron chi connectivity index (χ0n) is 19.1. The topological polar surface area (TPSA) is 154 Å². The van der Waals surface area contributed by atoms with Crippen LogP contribution in [0.4, 0.5) is 0 Å². The van der Waals surface area contributed by atoms with Crippen LogP contribution in [-0.2, 0) is 33.8 Å². The lowest BCUT2D eigenvalue weighted by atomic mass is 10.3. The molecule has 0 aliphatic rings. The molecule has 186 valence electrons. The zero-order valence-corrected chi connectivity index (χ0v) is 19.1. The normalized spacial score (nSPS) is 14.7. The molecular formula is C21H33N3O9. The first-order valence-electron chi connectivity index (χ1n) is 10.4. The molecule has 0 aromatic carbocycles. The van der Waals surface area contributed by atoms with Gasteiger partial charge in [-0.15, -0.1) is 0 Å². The fourth-order valence-corrected chi connectivity index (χ4v) is 2.73. The van der Waals surface area contributed by atoms with E-state index in [-0.39, 0.29) is 19.8 Å². The van der Waals surface area contributed by atoms with E-state index >= 15 is 0 Å². The molecule has 1 aromatic heterocycles. The first kappa shape index (κ1) is 27.9. The predicted molar refractivity (Wildman–Crippen MR) is 120 cm³/mol. The largest absolute Gasteiger partial charge is 0.499 e. The highest BCUT2D eigenvalue weighted by atomic mass is 16.5. The van der Waals surface area contributed by atoms with Gasteiger partial charge in [0.1, 0.15) is 38.1 Å². The summed E-state index contributed by atoms with van der Waals surface area (Å²) in [4.78, 5) is 38.6. The summed E-state index contributed by atoms with van der Waals surface area (Å²) < 4.78 is 17.2. The van der Waals surface area contributed by atoms with Crippen LogP contribution >= 0.6 is 0 Å². The molecule has 0 amide bonds. The standard InChI is InChI=1S/C21H33N3O9/c1-4-7-31-13-16(25)10-22-19(28)23(11-17(26)14-32-8-5-2)21(30)24(20(22)29)12-18(27)15-33-9-6-3/h4-9,16-18,25-27H,10-15H2,1-3H3/b7-4+,8-5+,9-6+. The lowest BCUT2D eigenvalue weighted by Crippen LogP contribution is -2.57. The van der Waals surface area contributed by atoms with Crippen molar-refractivity contribution < 1.29 is 29.5 Å². The van der Waals surface area contributed by atoms with Gasteiger partial charge in [0, 0.05) is 0 Å². The minimum absolute atomic E-state index is 0.199. The van der Waals surface area contributed by atoms with Crippen LogP contribution in [0.15, 0.2) is 51.4 Å². The summed E-state index contributed by atoms with van der Waals surface area (Å²) in [6.45, 7) is 3.13. The summed E-state index contributed by atoms with van der Waals surface area (Å²) in [5.74, 6) is 0. The Labute approximate surface area is 190 Å². The quantitative estimate of drug-likeness (QED) is 0.271. The maximum Gasteiger partial charge on any atom is 0.336 e. The van der Waals surface area contributed by atoms with Gasteiger partial charge in [-0.2, -0.15) is 0 Å². The van der Waals surface area contributed by atoms with Crippen LogP contribution in [0, 0.1) is 0 Å². The summed E-state index contributed by atoms with van der Waals surface area (Å²) >= 11 is 0. The third-order valence-corrected chi connectivity index (χ3v) is 4.13. The third-order valence-electron chi connectivity index (χ3n) is 4.13. The minimum Gasteiger partial charge on any atom is -0.499 e. The van der Waals surface area contributed by atoms with Crippen LogP contribution in [0.25, 0.3) is 0 Å². The lowest BCUT2D eigenvalue weighted by Gasteiger charge is -2.19. The predicted octanol–water partition coefficient (Wildman–Crippen LogP) is -1.09. The van der Waals surface area contributed by atoms with Crippen molar-refractivity contribution in [3.05, 3.63) is 68.5 Å².